The second kappa shape index (κ2) is 7.05. The number of ether oxygens (including phenoxy) is 1. The molecule has 0 saturated heterocycles. The second-order valence-corrected chi connectivity index (χ2v) is 5.09. The molecule has 0 bridgehead atoms. The quantitative estimate of drug-likeness (QED) is 0.787. The number of nitrogens with one attached hydrogen (secondary N) is 1. The van der Waals surface area contributed by atoms with Gasteiger partial charge in [-0.05, 0) is 43.1 Å². The molecule has 20 heavy (non-hydrogen) atoms. The molecule has 0 radical (unpaired) electrons. The van der Waals surface area contributed by atoms with Gasteiger partial charge in [0.1, 0.15) is 5.75 Å². The van der Waals surface area contributed by atoms with Gasteiger partial charge in [0.2, 0.25) is 11.8 Å². The van der Waals surface area contributed by atoms with Crippen molar-refractivity contribution < 1.29 is 9.15 Å². The van der Waals surface area contributed by atoms with Crippen LogP contribution in [-0.4, -0.2) is 23.9 Å². The standard InChI is InChI=1S/C15H21N3O2/c1-11(2)8-9-16-10-14-17-18-15(20-14)12-4-6-13(19-3)7-5-12/h4-7,11,16H,8-10H2,1-3H3. The summed E-state index contributed by atoms with van der Waals surface area (Å²) in [7, 11) is 1.64. The monoisotopic (exact) mass is 275 g/mol. The highest BCUT2D eigenvalue weighted by Gasteiger charge is 2.08. The normalized spacial score (nSPS) is 11.0. The van der Waals surface area contributed by atoms with Crippen molar-refractivity contribution in [3.8, 4) is 17.2 Å². The van der Waals surface area contributed by atoms with E-state index in [-0.39, 0.29) is 0 Å². The molecule has 0 unspecified atom stereocenters. The Morgan fingerprint density at radius 3 is 2.60 bits per heavy atom. The summed E-state index contributed by atoms with van der Waals surface area (Å²) < 4.78 is 10.7. The molecular weight excluding hydrogens is 254 g/mol. The van der Waals surface area contributed by atoms with Gasteiger partial charge < -0.3 is 14.5 Å². The topological polar surface area (TPSA) is 60.2 Å². The van der Waals surface area contributed by atoms with E-state index in [2.05, 4.69) is 29.4 Å². The van der Waals surface area contributed by atoms with Crippen LogP contribution in [0.2, 0.25) is 0 Å². The van der Waals surface area contributed by atoms with Crippen LogP contribution in [0.15, 0.2) is 28.7 Å². The summed E-state index contributed by atoms with van der Waals surface area (Å²) >= 11 is 0. The molecule has 108 valence electrons. The zero-order valence-corrected chi connectivity index (χ0v) is 12.2. The third-order valence-electron chi connectivity index (χ3n) is 2.98. The number of aromatic nitrogens is 2. The lowest BCUT2D eigenvalue weighted by molar-refractivity contribution is 0.414. The minimum atomic E-state index is 0.535. The van der Waals surface area contributed by atoms with Crippen molar-refractivity contribution in [2.24, 2.45) is 5.92 Å². The van der Waals surface area contributed by atoms with Crippen LogP contribution in [0, 0.1) is 5.92 Å². The van der Waals surface area contributed by atoms with Gasteiger partial charge in [-0.25, -0.2) is 0 Å². The molecule has 0 spiro atoms. The highest BCUT2D eigenvalue weighted by Crippen LogP contribution is 2.20. The molecule has 5 nitrogen and oxygen atoms in total. The fraction of sp³-hybridized carbons (Fsp3) is 0.467. The number of hydrogen-bond acceptors (Lipinski definition) is 5. The van der Waals surface area contributed by atoms with E-state index in [9.17, 15) is 0 Å². The van der Waals surface area contributed by atoms with Crippen molar-refractivity contribution in [1.29, 1.82) is 0 Å². The molecule has 0 atom stereocenters. The van der Waals surface area contributed by atoms with Gasteiger partial charge in [0, 0.05) is 5.56 Å². The molecule has 0 aliphatic rings. The summed E-state index contributed by atoms with van der Waals surface area (Å²) in [6.07, 6.45) is 1.14. The first-order valence-electron chi connectivity index (χ1n) is 6.86. The van der Waals surface area contributed by atoms with Gasteiger partial charge in [-0.2, -0.15) is 0 Å². The fourth-order valence-corrected chi connectivity index (χ4v) is 1.76. The van der Waals surface area contributed by atoms with E-state index in [1.54, 1.807) is 7.11 Å². The highest BCUT2D eigenvalue weighted by molar-refractivity contribution is 5.53. The third kappa shape index (κ3) is 4.06. The Morgan fingerprint density at radius 2 is 1.95 bits per heavy atom. The molecule has 1 heterocycles. The lowest BCUT2D eigenvalue weighted by Gasteiger charge is -2.04. The predicted molar refractivity (Wildman–Crippen MR) is 77.4 cm³/mol. The summed E-state index contributed by atoms with van der Waals surface area (Å²) in [4.78, 5) is 0. The van der Waals surface area contributed by atoms with Gasteiger partial charge in [0.25, 0.3) is 0 Å². The Labute approximate surface area is 119 Å². The van der Waals surface area contributed by atoms with Crippen LogP contribution in [0.1, 0.15) is 26.2 Å². The molecule has 0 amide bonds. The van der Waals surface area contributed by atoms with Crippen molar-refractivity contribution in [1.82, 2.24) is 15.5 Å². The van der Waals surface area contributed by atoms with Crippen LogP contribution in [0.4, 0.5) is 0 Å². The second-order valence-electron chi connectivity index (χ2n) is 5.09. The molecule has 0 saturated carbocycles. The predicted octanol–water partition coefficient (Wildman–Crippen LogP) is 2.88. The molecule has 0 fully saturated rings. The van der Waals surface area contributed by atoms with Crippen molar-refractivity contribution in [3.63, 3.8) is 0 Å². The smallest absolute Gasteiger partial charge is 0.247 e. The SMILES string of the molecule is COc1ccc(-c2nnc(CNCCC(C)C)o2)cc1. The Kier molecular flexibility index (Phi) is 5.12. The van der Waals surface area contributed by atoms with E-state index < -0.39 is 0 Å². The van der Waals surface area contributed by atoms with Gasteiger partial charge in [-0.1, -0.05) is 13.8 Å². The molecule has 2 aromatic rings. The molecule has 5 heteroatoms. The first-order valence-corrected chi connectivity index (χ1v) is 6.86. The summed E-state index contributed by atoms with van der Waals surface area (Å²) in [5.41, 5.74) is 0.895. The Hall–Kier alpha value is -1.88. The van der Waals surface area contributed by atoms with Gasteiger partial charge >= 0.3 is 0 Å². The number of nitrogens with zero attached hydrogens (tertiary/aromatic N) is 2. The van der Waals surface area contributed by atoms with E-state index in [1.165, 1.54) is 0 Å². The molecule has 0 aliphatic heterocycles. The lowest BCUT2D eigenvalue weighted by atomic mass is 10.1. The van der Waals surface area contributed by atoms with Crippen molar-refractivity contribution in [2.75, 3.05) is 13.7 Å². The van der Waals surface area contributed by atoms with E-state index >= 15 is 0 Å². The van der Waals surface area contributed by atoms with Crippen LogP contribution in [0.3, 0.4) is 0 Å². The molecule has 2 rings (SSSR count). The van der Waals surface area contributed by atoms with Gasteiger partial charge in [0.05, 0.1) is 13.7 Å². The van der Waals surface area contributed by atoms with E-state index in [4.69, 9.17) is 9.15 Å². The van der Waals surface area contributed by atoms with Crippen molar-refractivity contribution in [2.45, 2.75) is 26.8 Å². The molecule has 1 aromatic carbocycles. The van der Waals surface area contributed by atoms with E-state index in [0.29, 0.717) is 24.2 Å². The maximum absolute atomic E-state index is 5.62. The summed E-state index contributed by atoms with van der Waals surface area (Å²) in [6.45, 7) is 5.97. The molecular formula is C15H21N3O2. The average Bonchev–Trinajstić information content (AvgIpc) is 2.92. The van der Waals surface area contributed by atoms with Gasteiger partial charge in [-0.3, -0.25) is 0 Å². The van der Waals surface area contributed by atoms with Crippen LogP contribution in [-0.2, 0) is 6.54 Å². The lowest BCUT2D eigenvalue weighted by Crippen LogP contribution is -2.16. The summed E-state index contributed by atoms with van der Waals surface area (Å²) in [5.74, 6) is 2.65. The largest absolute Gasteiger partial charge is 0.497 e. The highest BCUT2D eigenvalue weighted by atomic mass is 16.5. The van der Waals surface area contributed by atoms with Crippen molar-refractivity contribution in [3.05, 3.63) is 30.2 Å². The first kappa shape index (κ1) is 14.5. The molecule has 0 aliphatic carbocycles. The van der Waals surface area contributed by atoms with E-state index in [1.807, 2.05) is 24.3 Å². The number of methoxy groups -OCH3 is 1. The maximum Gasteiger partial charge on any atom is 0.247 e. The zero-order valence-electron chi connectivity index (χ0n) is 12.2. The number of hydrogen-bond donors (Lipinski definition) is 1. The summed E-state index contributed by atoms with van der Waals surface area (Å²) in [6, 6.07) is 7.56. The van der Waals surface area contributed by atoms with Crippen LogP contribution < -0.4 is 10.1 Å². The molecule has 1 N–H and O–H groups in total. The van der Waals surface area contributed by atoms with E-state index in [0.717, 1.165) is 24.3 Å². The van der Waals surface area contributed by atoms with Crippen LogP contribution >= 0.6 is 0 Å². The number of benzene rings is 1. The maximum atomic E-state index is 5.62. The van der Waals surface area contributed by atoms with Crippen LogP contribution in [0.25, 0.3) is 11.5 Å². The fourth-order valence-electron chi connectivity index (χ4n) is 1.76. The minimum Gasteiger partial charge on any atom is -0.497 e. The third-order valence-corrected chi connectivity index (χ3v) is 2.98. The Morgan fingerprint density at radius 1 is 1.20 bits per heavy atom. The molecule has 1 aromatic heterocycles. The van der Waals surface area contributed by atoms with Crippen LogP contribution in [0.5, 0.6) is 5.75 Å². The number of rotatable bonds is 7. The Bertz CT molecular complexity index is 520. The summed E-state index contributed by atoms with van der Waals surface area (Å²) in [5, 5.41) is 11.4. The van der Waals surface area contributed by atoms with Crippen molar-refractivity contribution >= 4 is 0 Å². The Balaban J connectivity index is 1.90. The minimum absolute atomic E-state index is 0.535. The average molecular weight is 275 g/mol. The van der Waals surface area contributed by atoms with Gasteiger partial charge in [-0.15, -0.1) is 10.2 Å². The first-order chi connectivity index (χ1) is 9.69. The van der Waals surface area contributed by atoms with Gasteiger partial charge in [0.15, 0.2) is 0 Å². The zero-order chi connectivity index (χ0) is 14.4.